The lowest BCUT2D eigenvalue weighted by atomic mass is 9.85. The van der Waals surface area contributed by atoms with Gasteiger partial charge < -0.3 is 55.1 Å². The maximum absolute atomic E-state index is 16.5. The monoisotopic (exact) mass is 1150 g/mol. The number of hydrogen-bond donors (Lipinski definition) is 5. The number of likely N-dealkylation sites (tertiary alicyclic amines) is 2. The van der Waals surface area contributed by atoms with Gasteiger partial charge in [0.1, 0.15) is 35.8 Å². The predicted molar refractivity (Wildman–Crippen MR) is 300 cm³/mol. The summed E-state index contributed by atoms with van der Waals surface area (Å²) in [5.74, 6) is -4.38. The van der Waals surface area contributed by atoms with Crippen molar-refractivity contribution >= 4 is 69.3 Å². The van der Waals surface area contributed by atoms with Gasteiger partial charge in [0.25, 0.3) is 0 Å². The first kappa shape index (κ1) is 60.9. The summed E-state index contributed by atoms with van der Waals surface area (Å²) < 4.78 is 48.4. The second-order valence-corrected chi connectivity index (χ2v) is 22.2. The Labute approximate surface area is 473 Å². The van der Waals surface area contributed by atoms with Gasteiger partial charge >= 0.3 is 0 Å². The third-order valence-corrected chi connectivity index (χ3v) is 15.5. The number of carbonyl (C=O) groups excluding carboxylic acids is 5. The number of thiazole rings is 1. The van der Waals surface area contributed by atoms with Gasteiger partial charge in [-0.3, -0.25) is 24.0 Å². The number of aromatic nitrogens is 3. The van der Waals surface area contributed by atoms with Crippen molar-refractivity contribution in [2.75, 3.05) is 84.7 Å². The van der Waals surface area contributed by atoms with Gasteiger partial charge in [0, 0.05) is 69.5 Å². The molecule has 0 aliphatic carbocycles. The first-order valence-corrected chi connectivity index (χ1v) is 27.8. The molecule has 4 heterocycles. The molecule has 0 bridgehead atoms. The van der Waals surface area contributed by atoms with Crippen LogP contribution >= 0.6 is 22.9 Å². The molecule has 430 valence electrons. The van der Waals surface area contributed by atoms with Gasteiger partial charge in [-0.05, 0) is 67.5 Å². The number of aliphatic hydroxyl groups is 1. The van der Waals surface area contributed by atoms with Gasteiger partial charge in [-0.15, -0.1) is 11.3 Å². The number of benzene rings is 3. The summed E-state index contributed by atoms with van der Waals surface area (Å²) in [5.41, 5.74) is 3.43. The van der Waals surface area contributed by atoms with Gasteiger partial charge in [0.2, 0.25) is 35.5 Å². The molecule has 23 heteroatoms. The van der Waals surface area contributed by atoms with E-state index in [-0.39, 0.29) is 118 Å². The number of anilines is 1. The Hall–Kier alpha value is -6.69. The topological polar surface area (TPSA) is 238 Å². The second-order valence-electron chi connectivity index (χ2n) is 21.0. The number of nitrogens with one attached hydrogen (secondary N) is 3. The third kappa shape index (κ3) is 15.2. The highest BCUT2D eigenvalue weighted by Gasteiger charge is 2.45. The summed E-state index contributed by atoms with van der Waals surface area (Å²) in [7, 11) is 1.63. The largest absolute Gasteiger partial charge is 0.507 e. The van der Waals surface area contributed by atoms with Crippen LogP contribution in [-0.4, -0.2) is 167 Å². The van der Waals surface area contributed by atoms with E-state index in [0.29, 0.717) is 37.0 Å². The van der Waals surface area contributed by atoms with Gasteiger partial charge in [0.15, 0.2) is 5.82 Å². The number of phenols is 1. The van der Waals surface area contributed by atoms with E-state index in [9.17, 15) is 34.2 Å². The quantitative estimate of drug-likeness (QED) is 0.0311. The average molecular weight is 1150 g/mol. The number of β-amino-alcohol motifs (C(OH)–C–C–N with tert-alkyl or cyclic N) is 1. The second kappa shape index (κ2) is 27.7. The molecule has 80 heavy (non-hydrogen) atoms. The van der Waals surface area contributed by atoms with Crippen molar-refractivity contribution < 1.29 is 57.2 Å². The molecule has 0 unspecified atom stereocenters. The predicted octanol–water partition coefficient (Wildman–Crippen LogP) is 6.94. The Morgan fingerprint density at radius 2 is 1.66 bits per heavy atom. The summed E-state index contributed by atoms with van der Waals surface area (Å²) in [4.78, 5) is 85.3. The molecule has 5 aromatic rings. The van der Waals surface area contributed by atoms with Gasteiger partial charge in [-0.25, -0.2) is 23.7 Å². The fourth-order valence-electron chi connectivity index (χ4n) is 9.72. The first-order valence-electron chi connectivity index (χ1n) is 26.5. The highest BCUT2D eigenvalue weighted by molar-refractivity contribution is 7.13. The van der Waals surface area contributed by atoms with E-state index < -0.39 is 64.3 Å². The Morgan fingerprint density at radius 1 is 0.975 bits per heavy atom. The molecule has 2 aromatic heterocycles. The van der Waals surface area contributed by atoms with Crippen LogP contribution < -0.4 is 16.0 Å². The Balaban J connectivity index is 0.812. The van der Waals surface area contributed by atoms with Gasteiger partial charge in [-0.2, -0.15) is 0 Å². The van der Waals surface area contributed by atoms with E-state index in [4.69, 9.17) is 30.8 Å². The number of amides is 5. The number of halogens is 3. The number of ether oxygens (including phenoxy) is 3. The molecular formula is C57H70ClF2N9O10S. The van der Waals surface area contributed by atoms with Crippen molar-refractivity contribution in [3.63, 3.8) is 0 Å². The number of piperidine rings is 1. The molecule has 5 amide bonds. The van der Waals surface area contributed by atoms with Crippen molar-refractivity contribution in [3.05, 3.63) is 100 Å². The lowest BCUT2D eigenvalue weighted by Gasteiger charge is -2.35. The fraction of sp³-hybridized carbons (Fsp3) is 0.474. The van der Waals surface area contributed by atoms with Crippen LogP contribution in [-0.2, 0) is 38.2 Å². The standard InChI is InChI=1S/C57H70ClF2N9O10S/c1-8-45(73)68-20-17-36(18-21-68)50-39-29-40(58)47(48-41(59)10-9-11-43(48)71)49(60)51(39)66-56(65-50)61-19-16-46(74)67(7)22-23-77-24-25-78-26-27-79-31-44(72)64-53(57(4,5)6)55(76)69-30-38(70)28-42(69)54(75)63-33(2)35-12-14-37(15-13-35)52-34(3)62-32-80-52/h8-15,29,32-33,36,38,42,53,70-71H,1,16-28,30-31H2,2-7H3,(H,63,75)(H,64,72)(H,61,65,66)/t33-,38+,42-,53+/m0/s1. The minimum atomic E-state index is -1.02. The van der Waals surface area contributed by atoms with Crippen LogP contribution in [0.4, 0.5) is 14.7 Å². The summed E-state index contributed by atoms with van der Waals surface area (Å²) in [6.45, 7) is 14.4. The van der Waals surface area contributed by atoms with Gasteiger partial charge in [0.05, 0.1) is 77.5 Å². The number of phenolic OH excluding ortho intramolecular Hbond substituents is 1. The molecule has 2 aliphatic heterocycles. The van der Waals surface area contributed by atoms with Crippen LogP contribution in [0.5, 0.6) is 5.75 Å². The Kier molecular flexibility index (Phi) is 21.1. The van der Waals surface area contributed by atoms with Crippen LogP contribution in [0.3, 0.4) is 0 Å². The van der Waals surface area contributed by atoms with Crippen LogP contribution in [0.2, 0.25) is 5.02 Å². The highest BCUT2D eigenvalue weighted by atomic mass is 35.5. The van der Waals surface area contributed by atoms with E-state index in [1.54, 1.807) is 49.6 Å². The van der Waals surface area contributed by atoms with E-state index >= 15 is 8.78 Å². The number of aliphatic hydroxyl groups excluding tert-OH is 1. The van der Waals surface area contributed by atoms with E-state index in [0.717, 1.165) is 27.8 Å². The number of likely N-dealkylation sites (N-methyl/N-ethyl adjacent to an activating group) is 1. The summed E-state index contributed by atoms with van der Waals surface area (Å²) in [6, 6.07) is 10.6. The van der Waals surface area contributed by atoms with E-state index in [1.807, 2.05) is 38.1 Å². The zero-order chi connectivity index (χ0) is 57.8. The number of aryl methyl sites for hydroxylation is 1. The molecule has 7 rings (SSSR count). The summed E-state index contributed by atoms with van der Waals surface area (Å²) in [6.07, 6.45) is 1.42. The van der Waals surface area contributed by atoms with Crippen LogP contribution in [0.1, 0.15) is 82.3 Å². The summed E-state index contributed by atoms with van der Waals surface area (Å²) in [5, 5.41) is 30.1. The van der Waals surface area contributed by atoms with Gasteiger partial charge in [-0.1, -0.05) is 69.3 Å². The number of hydrogen-bond acceptors (Lipinski definition) is 15. The zero-order valence-electron chi connectivity index (χ0n) is 45.9. The fourth-order valence-corrected chi connectivity index (χ4v) is 10.8. The normalized spacial score (nSPS) is 16.6. The van der Waals surface area contributed by atoms with Crippen molar-refractivity contribution in [3.8, 4) is 27.3 Å². The Morgan fingerprint density at radius 3 is 2.31 bits per heavy atom. The van der Waals surface area contributed by atoms with Crippen molar-refractivity contribution in [2.24, 2.45) is 5.41 Å². The molecule has 5 N–H and O–H groups in total. The number of carbonyl (C=O) groups is 5. The summed E-state index contributed by atoms with van der Waals surface area (Å²) >= 11 is 8.15. The molecule has 2 aliphatic rings. The maximum Gasteiger partial charge on any atom is 0.246 e. The number of aromatic hydroxyl groups is 1. The first-order chi connectivity index (χ1) is 38.2. The molecule has 0 spiro atoms. The maximum atomic E-state index is 16.5. The van der Waals surface area contributed by atoms with E-state index in [1.165, 1.54) is 34.1 Å². The number of rotatable bonds is 24. The molecule has 0 radical (unpaired) electrons. The van der Waals surface area contributed by atoms with Crippen molar-refractivity contribution in [2.45, 2.75) is 90.4 Å². The third-order valence-electron chi connectivity index (χ3n) is 14.2. The molecule has 3 aromatic carbocycles. The lowest BCUT2D eigenvalue weighted by molar-refractivity contribution is -0.144. The molecule has 19 nitrogen and oxygen atoms in total. The average Bonchev–Trinajstić information content (AvgIpc) is 4.08. The number of nitrogens with zero attached hydrogens (tertiary/aromatic N) is 6. The lowest BCUT2D eigenvalue weighted by Crippen LogP contribution is -2.58. The van der Waals surface area contributed by atoms with Crippen molar-refractivity contribution in [1.82, 2.24) is 40.3 Å². The minimum absolute atomic E-state index is 0.0222. The zero-order valence-corrected chi connectivity index (χ0v) is 47.4. The van der Waals surface area contributed by atoms with E-state index in [2.05, 4.69) is 32.5 Å². The molecule has 2 saturated heterocycles. The van der Waals surface area contributed by atoms with Crippen molar-refractivity contribution in [1.29, 1.82) is 0 Å². The molecule has 2 fully saturated rings. The minimum Gasteiger partial charge on any atom is -0.507 e. The van der Waals surface area contributed by atoms with Crippen LogP contribution in [0, 0.1) is 24.0 Å². The SMILES string of the molecule is C=CC(=O)N1CCC(c2nc(NCCC(=O)N(C)CCOCCOCCOCC(=O)N[C@H](C(=O)N3C[C@H](O)C[C@H]3C(=O)N[C@@H](C)c3ccc(-c4scnc4C)cc3)C(C)(C)C)nc3c(F)c(-c4c(O)cccc4F)c(Cl)cc23)CC1. The number of fused-ring (bicyclic) bond motifs is 1. The Bertz CT molecular complexity index is 3010. The van der Waals surface area contributed by atoms with Crippen LogP contribution in [0.15, 0.2) is 66.7 Å². The molecule has 0 saturated carbocycles. The molecule has 4 atom stereocenters. The highest BCUT2D eigenvalue weighted by Crippen LogP contribution is 2.43. The molecular weight excluding hydrogens is 1080 g/mol. The smallest absolute Gasteiger partial charge is 0.246 e. The van der Waals surface area contributed by atoms with Crippen LogP contribution in [0.25, 0.3) is 32.5 Å².